The Labute approximate surface area is 224 Å². The van der Waals surface area contributed by atoms with Crippen molar-refractivity contribution in [3.05, 3.63) is 40.5 Å². The molecule has 0 amide bonds. The molecule has 200 valence electrons. The number of nitrogens with zero attached hydrogens (tertiary/aromatic N) is 3. The second kappa shape index (κ2) is 8.24. The molecule has 4 heterocycles. The molecule has 5 aliphatic rings. The first-order valence-electron chi connectivity index (χ1n) is 14.1. The van der Waals surface area contributed by atoms with E-state index in [9.17, 15) is 14.3 Å². The Morgan fingerprint density at radius 2 is 2.03 bits per heavy atom. The van der Waals surface area contributed by atoms with Crippen molar-refractivity contribution in [1.29, 1.82) is 0 Å². The molecule has 5 unspecified atom stereocenters. The lowest BCUT2D eigenvalue weighted by Gasteiger charge is -2.38. The van der Waals surface area contributed by atoms with Gasteiger partial charge in [0.15, 0.2) is 10.9 Å². The fourth-order valence-corrected chi connectivity index (χ4v) is 9.25. The minimum Gasteiger partial charge on any atom is -0.478 e. The third-order valence-electron chi connectivity index (χ3n) is 10.2. The van der Waals surface area contributed by atoms with Crippen LogP contribution in [0.1, 0.15) is 104 Å². The molecule has 2 aliphatic heterocycles. The van der Waals surface area contributed by atoms with E-state index in [0.29, 0.717) is 40.6 Å². The Kier molecular flexibility index (Phi) is 5.07. The van der Waals surface area contributed by atoms with Crippen LogP contribution in [-0.2, 0) is 11.3 Å². The molecule has 8 rings (SSSR count). The zero-order valence-electron chi connectivity index (χ0n) is 21.5. The molecule has 1 aromatic carbocycles. The summed E-state index contributed by atoms with van der Waals surface area (Å²) >= 11 is 1.39. The second-order valence-corrected chi connectivity index (χ2v) is 13.5. The standard InChI is InChI=1S/C29H32FN3O4S/c1-29-8-2-3-20(29)23(29)24-19(26(37-32-24)14-4-5-14)13-36-18-11-16-6-7-17(12-18)33(16)28-31-25-21(30)9-15(27(34)35)10-22(25)38-28/h9-10,14,16-18,20,23H,2-8,11-13H2,1H3,(H,34,35)/t16-,17?,18?,20?,23?,29?/m0/s1. The Morgan fingerprint density at radius 3 is 2.71 bits per heavy atom. The smallest absolute Gasteiger partial charge is 0.335 e. The van der Waals surface area contributed by atoms with E-state index in [2.05, 4.69) is 22.0 Å². The van der Waals surface area contributed by atoms with Crippen molar-refractivity contribution in [2.75, 3.05) is 4.90 Å². The number of carboxylic acids is 1. The van der Waals surface area contributed by atoms with Gasteiger partial charge in [0.05, 0.1) is 28.7 Å². The molecule has 7 nitrogen and oxygen atoms in total. The van der Waals surface area contributed by atoms with E-state index in [1.807, 2.05) is 0 Å². The molecule has 0 spiro atoms. The van der Waals surface area contributed by atoms with Crippen LogP contribution in [0.25, 0.3) is 10.2 Å². The van der Waals surface area contributed by atoms with Crippen LogP contribution >= 0.6 is 11.3 Å². The van der Waals surface area contributed by atoms with Gasteiger partial charge in [-0.15, -0.1) is 0 Å². The highest BCUT2D eigenvalue weighted by atomic mass is 32.1. The number of benzene rings is 1. The molecule has 2 aromatic heterocycles. The number of halogens is 1. The number of fused-ring (bicyclic) bond motifs is 4. The van der Waals surface area contributed by atoms with Crippen molar-refractivity contribution in [3.8, 4) is 0 Å². The molecule has 3 aromatic rings. The summed E-state index contributed by atoms with van der Waals surface area (Å²) < 4.78 is 27.8. The van der Waals surface area contributed by atoms with Gasteiger partial charge >= 0.3 is 5.97 Å². The fourth-order valence-electron chi connectivity index (χ4n) is 8.08. The lowest BCUT2D eigenvalue weighted by atomic mass is 9.97. The van der Waals surface area contributed by atoms with E-state index in [4.69, 9.17) is 9.26 Å². The van der Waals surface area contributed by atoms with Gasteiger partial charge in [-0.1, -0.05) is 29.8 Å². The zero-order chi connectivity index (χ0) is 25.8. The van der Waals surface area contributed by atoms with Crippen molar-refractivity contribution >= 4 is 32.7 Å². The van der Waals surface area contributed by atoms with Gasteiger partial charge in [0.25, 0.3) is 0 Å². The van der Waals surface area contributed by atoms with Crippen molar-refractivity contribution in [3.63, 3.8) is 0 Å². The molecule has 1 N–H and O–H groups in total. The minimum absolute atomic E-state index is 0.0391. The van der Waals surface area contributed by atoms with Gasteiger partial charge in [0.1, 0.15) is 11.3 Å². The third-order valence-corrected chi connectivity index (χ3v) is 11.2. The lowest BCUT2D eigenvalue weighted by molar-refractivity contribution is 0.0142. The Morgan fingerprint density at radius 1 is 1.24 bits per heavy atom. The number of hydrogen-bond donors (Lipinski definition) is 1. The van der Waals surface area contributed by atoms with Crippen LogP contribution in [-0.4, -0.2) is 39.4 Å². The Balaban J connectivity index is 0.998. The summed E-state index contributed by atoms with van der Waals surface area (Å²) in [6.07, 6.45) is 10.4. The van der Waals surface area contributed by atoms with Gasteiger partial charge in [-0.2, -0.15) is 0 Å². The van der Waals surface area contributed by atoms with Crippen LogP contribution in [0.5, 0.6) is 0 Å². The number of rotatable bonds is 7. The Bertz CT molecular complexity index is 1430. The summed E-state index contributed by atoms with van der Waals surface area (Å²) in [5, 5.41) is 14.7. The predicted molar refractivity (Wildman–Crippen MR) is 140 cm³/mol. The van der Waals surface area contributed by atoms with E-state index in [-0.39, 0.29) is 17.2 Å². The molecule has 2 saturated heterocycles. The number of aromatic nitrogens is 2. The first-order chi connectivity index (χ1) is 18.4. The van der Waals surface area contributed by atoms with Crippen LogP contribution in [0.15, 0.2) is 16.7 Å². The van der Waals surface area contributed by atoms with Crippen LogP contribution in [0.2, 0.25) is 0 Å². The van der Waals surface area contributed by atoms with E-state index in [0.717, 1.165) is 48.6 Å². The molecule has 2 bridgehead atoms. The fraction of sp³-hybridized carbons (Fsp3) is 0.621. The predicted octanol–water partition coefficient (Wildman–Crippen LogP) is 6.62. The molecule has 38 heavy (non-hydrogen) atoms. The van der Waals surface area contributed by atoms with Crippen molar-refractivity contribution in [2.24, 2.45) is 11.3 Å². The molecular weight excluding hydrogens is 505 g/mol. The third kappa shape index (κ3) is 3.50. The number of aromatic carboxylic acids is 1. The number of anilines is 1. The first kappa shape index (κ1) is 23.4. The number of piperidine rings is 1. The molecular formula is C29H32FN3O4S. The first-order valence-corrected chi connectivity index (χ1v) is 14.9. The molecule has 3 aliphatic carbocycles. The van der Waals surface area contributed by atoms with Gasteiger partial charge in [-0.25, -0.2) is 14.2 Å². The highest BCUT2D eigenvalue weighted by Gasteiger charge is 2.65. The average molecular weight is 538 g/mol. The number of ether oxygens (including phenoxy) is 1. The monoisotopic (exact) mass is 537 g/mol. The minimum atomic E-state index is -1.13. The number of carboxylic acid groups (broad SMARTS) is 1. The van der Waals surface area contributed by atoms with Crippen LogP contribution in [0.3, 0.4) is 0 Å². The van der Waals surface area contributed by atoms with Gasteiger partial charge < -0.3 is 19.3 Å². The maximum Gasteiger partial charge on any atom is 0.335 e. The Hall–Kier alpha value is -2.52. The van der Waals surface area contributed by atoms with Crippen molar-refractivity contribution in [2.45, 2.75) is 101 Å². The molecule has 6 atom stereocenters. The maximum absolute atomic E-state index is 14.6. The summed E-state index contributed by atoms with van der Waals surface area (Å²) in [5.41, 5.74) is 3.04. The molecule has 3 saturated carbocycles. The van der Waals surface area contributed by atoms with E-state index < -0.39 is 11.8 Å². The van der Waals surface area contributed by atoms with Crippen LogP contribution in [0, 0.1) is 17.2 Å². The summed E-state index contributed by atoms with van der Waals surface area (Å²) in [6, 6.07) is 3.19. The topological polar surface area (TPSA) is 88.7 Å². The maximum atomic E-state index is 14.6. The summed E-state index contributed by atoms with van der Waals surface area (Å²) in [4.78, 5) is 18.3. The molecule has 0 radical (unpaired) electrons. The van der Waals surface area contributed by atoms with Crippen molar-refractivity contribution < 1.29 is 23.6 Å². The summed E-state index contributed by atoms with van der Waals surface area (Å²) in [6.45, 7) is 3.01. The largest absolute Gasteiger partial charge is 0.478 e. The van der Waals surface area contributed by atoms with Crippen LogP contribution < -0.4 is 4.90 Å². The highest BCUT2D eigenvalue weighted by molar-refractivity contribution is 7.22. The van der Waals surface area contributed by atoms with Crippen LogP contribution in [0.4, 0.5) is 9.52 Å². The van der Waals surface area contributed by atoms with E-state index in [1.165, 1.54) is 60.8 Å². The average Bonchev–Trinajstić information content (AvgIpc) is 3.55. The number of hydrogen-bond acceptors (Lipinski definition) is 7. The second-order valence-electron chi connectivity index (χ2n) is 12.5. The normalized spacial score (nSPS) is 33.7. The lowest BCUT2D eigenvalue weighted by Crippen LogP contribution is -2.45. The SMILES string of the molecule is CC12CCCC1C2c1noc(C2CC2)c1COC1CC2CC[C@@H](C1)N2c1nc2c(F)cc(C(=O)O)cc2s1. The van der Waals surface area contributed by atoms with Crippen molar-refractivity contribution in [1.82, 2.24) is 10.1 Å². The summed E-state index contributed by atoms with van der Waals surface area (Å²) in [7, 11) is 0. The summed E-state index contributed by atoms with van der Waals surface area (Å²) in [5.74, 6) is 1.18. The number of carbonyl (C=O) groups is 1. The quantitative estimate of drug-likeness (QED) is 0.362. The van der Waals surface area contributed by atoms with Gasteiger partial charge in [0, 0.05) is 29.5 Å². The van der Waals surface area contributed by atoms with E-state index >= 15 is 0 Å². The van der Waals surface area contributed by atoms with Gasteiger partial charge in [-0.3, -0.25) is 0 Å². The number of thiazole rings is 1. The van der Waals surface area contributed by atoms with E-state index in [1.54, 1.807) is 0 Å². The zero-order valence-corrected chi connectivity index (χ0v) is 22.3. The molecule has 5 fully saturated rings. The van der Waals surface area contributed by atoms with Gasteiger partial charge in [0.2, 0.25) is 0 Å². The van der Waals surface area contributed by atoms with Gasteiger partial charge in [-0.05, 0) is 74.8 Å². The molecule has 9 heteroatoms. The highest BCUT2D eigenvalue weighted by Crippen LogP contribution is 2.73.